The molecule has 3 heterocycles. The Balaban J connectivity index is 1.32. The van der Waals surface area contributed by atoms with Gasteiger partial charge in [0.1, 0.15) is 18.0 Å². The Labute approximate surface area is 259 Å². The Morgan fingerprint density at radius 1 is 1.09 bits per heavy atom. The third-order valence-electron chi connectivity index (χ3n) is 8.04. The van der Waals surface area contributed by atoms with Crippen LogP contribution in [0.4, 0.5) is 4.79 Å². The van der Waals surface area contributed by atoms with E-state index in [1.807, 2.05) is 55.5 Å². The van der Waals surface area contributed by atoms with Gasteiger partial charge in [-0.3, -0.25) is 14.6 Å². The van der Waals surface area contributed by atoms with E-state index in [1.165, 1.54) is 5.01 Å². The van der Waals surface area contributed by atoms with Crippen LogP contribution in [0.15, 0.2) is 85.5 Å². The molecule has 10 nitrogen and oxygen atoms in total. The summed E-state index contributed by atoms with van der Waals surface area (Å²) in [5.74, 6) is -0.272. The molecule has 2 fully saturated rings. The number of fused-ring (bicyclic) bond motifs is 2. The van der Waals surface area contributed by atoms with Crippen molar-refractivity contribution in [3.05, 3.63) is 107 Å². The molecule has 0 aliphatic carbocycles. The Hall–Kier alpha value is -4.74. The van der Waals surface area contributed by atoms with Crippen LogP contribution >= 0.6 is 11.3 Å². The van der Waals surface area contributed by atoms with Gasteiger partial charge in [-0.05, 0) is 41.8 Å². The molecule has 6 rings (SSSR count). The van der Waals surface area contributed by atoms with Crippen molar-refractivity contribution in [2.75, 3.05) is 19.6 Å². The van der Waals surface area contributed by atoms with E-state index in [4.69, 9.17) is 4.98 Å². The number of hydrogen-bond acceptors (Lipinski definition) is 7. The first-order chi connectivity index (χ1) is 21.3. The molecule has 0 unspecified atom stereocenters. The first-order valence-corrected chi connectivity index (χ1v) is 15.3. The van der Waals surface area contributed by atoms with Crippen molar-refractivity contribution in [3.8, 4) is 5.75 Å². The molecule has 1 aromatic heterocycles. The average Bonchev–Trinajstić information content (AvgIpc) is 3.57. The van der Waals surface area contributed by atoms with Gasteiger partial charge in [0.05, 0.1) is 34.9 Å². The van der Waals surface area contributed by atoms with E-state index in [2.05, 4.69) is 11.9 Å². The molecule has 2 aliphatic rings. The van der Waals surface area contributed by atoms with Crippen molar-refractivity contribution in [3.63, 3.8) is 0 Å². The number of hydrazine groups is 1. The maximum atomic E-state index is 14.2. The molecule has 0 bridgehead atoms. The average molecular weight is 611 g/mol. The number of aromatic nitrogens is 1. The SMILES string of the molecule is C=CCN(C(=O)NCc1ccccc1)N1CC(=O)N2[C@@H](Cc3ccc(O)cc3)C(=O)N(Cc3cccc4sc(C)nc34)C[C@@H]21. The van der Waals surface area contributed by atoms with Crippen LogP contribution in [-0.4, -0.2) is 79.6 Å². The zero-order chi connectivity index (χ0) is 30.8. The maximum absolute atomic E-state index is 14.2. The predicted molar refractivity (Wildman–Crippen MR) is 168 cm³/mol. The van der Waals surface area contributed by atoms with E-state index < -0.39 is 12.2 Å². The lowest BCUT2D eigenvalue weighted by atomic mass is 9.99. The summed E-state index contributed by atoms with van der Waals surface area (Å²) in [5, 5.41) is 17.0. The van der Waals surface area contributed by atoms with Gasteiger partial charge < -0.3 is 20.2 Å². The van der Waals surface area contributed by atoms with Crippen LogP contribution in [0, 0.1) is 6.92 Å². The zero-order valence-corrected chi connectivity index (χ0v) is 25.2. The van der Waals surface area contributed by atoms with Crippen molar-refractivity contribution in [1.29, 1.82) is 0 Å². The molecule has 2 saturated heterocycles. The third kappa shape index (κ3) is 5.88. The largest absolute Gasteiger partial charge is 0.508 e. The van der Waals surface area contributed by atoms with Crippen LogP contribution in [0.5, 0.6) is 5.75 Å². The Morgan fingerprint density at radius 3 is 2.61 bits per heavy atom. The molecule has 2 atom stereocenters. The second-order valence-electron chi connectivity index (χ2n) is 11.0. The fraction of sp³-hybridized carbons (Fsp3) is 0.273. The fourth-order valence-corrected chi connectivity index (χ4v) is 6.86. The highest BCUT2D eigenvalue weighted by Crippen LogP contribution is 2.32. The Morgan fingerprint density at radius 2 is 1.86 bits per heavy atom. The van der Waals surface area contributed by atoms with Crippen LogP contribution in [0.25, 0.3) is 10.2 Å². The summed E-state index contributed by atoms with van der Waals surface area (Å²) >= 11 is 1.61. The number of carbonyl (C=O) groups is 3. The maximum Gasteiger partial charge on any atom is 0.332 e. The quantitative estimate of drug-likeness (QED) is 0.277. The highest BCUT2D eigenvalue weighted by atomic mass is 32.1. The Kier molecular flexibility index (Phi) is 8.32. The van der Waals surface area contributed by atoms with Crippen molar-refractivity contribution in [1.82, 2.24) is 30.1 Å². The van der Waals surface area contributed by atoms with E-state index in [-0.39, 0.29) is 49.7 Å². The number of aromatic hydroxyl groups is 1. The summed E-state index contributed by atoms with van der Waals surface area (Å²) in [6.07, 6.45) is 1.33. The molecule has 2 aliphatic heterocycles. The molecular formula is C33H34N6O4S. The molecule has 11 heteroatoms. The number of benzene rings is 3. The van der Waals surface area contributed by atoms with Crippen molar-refractivity contribution in [2.45, 2.75) is 38.6 Å². The van der Waals surface area contributed by atoms with Gasteiger partial charge in [0, 0.05) is 19.5 Å². The second-order valence-corrected chi connectivity index (χ2v) is 12.2. The Bertz CT molecular complexity index is 1690. The molecule has 2 N–H and O–H groups in total. The number of carbonyl (C=O) groups excluding carboxylic acids is 3. The molecule has 4 amide bonds. The van der Waals surface area contributed by atoms with E-state index in [0.29, 0.717) is 13.1 Å². The number of aryl methyl sites for hydroxylation is 1. The topological polar surface area (TPSA) is 109 Å². The summed E-state index contributed by atoms with van der Waals surface area (Å²) in [7, 11) is 0. The van der Waals surface area contributed by atoms with Crippen LogP contribution in [0.2, 0.25) is 0 Å². The van der Waals surface area contributed by atoms with Gasteiger partial charge in [0.2, 0.25) is 11.8 Å². The van der Waals surface area contributed by atoms with Crippen LogP contribution < -0.4 is 5.32 Å². The first-order valence-electron chi connectivity index (χ1n) is 14.5. The van der Waals surface area contributed by atoms with Crippen LogP contribution in [0.3, 0.4) is 0 Å². The highest BCUT2D eigenvalue weighted by molar-refractivity contribution is 7.18. The normalized spacial score (nSPS) is 18.5. The minimum Gasteiger partial charge on any atom is -0.508 e. The molecule has 226 valence electrons. The summed E-state index contributed by atoms with van der Waals surface area (Å²) in [6.45, 7) is 6.81. The predicted octanol–water partition coefficient (Wildman–Crippen LogP) is 4.05. The lowest BCUT2D eigenvalue weighted by Crippen LogP contribution is -2.66. The molecule has 0 spiro atoms. The van der Waals surface area contributed by atoms with Gasteiger partial charge in [-0.2, -0.15) is 5.01 Å². The smallest absolute Gasteiger partial charge is 0.332 e. The van der Waals surface area contributed by atoms with Crippen LogP contribution in [0.1, 0.15) is 21.7 Å². The molecule has 3 aromatic carbocycles. The zero-order valence-electron chi connectivity index (χ0n) is 24.4. The number of rotatable bonds is 9. The molecular weight excluding hydrogens is 576 g/mol. The van der Waals surface area contributed by atoms with Gasteiger partial charge in [0.15, 0.2) is 0 Å². The number of nitrogens with one attached hydrogen (secondary N) is 1. The van der Waals surface area contributed by atoms with Gasteiger partial charge in [0.25, 0.3) is 0 Å². The van der Waals surface area contributed by atoms with Crippen molar-refractivity contribution in [2.24, 2.45) is 0 Å². The van der Waals surface area contributed by atoms with Crippen molar-refractivity contribution < 1.29 is 19.5 Å². The van der Waals surface area contributed by atoms with E-state index in [9.17, 15) is 19.5 Å². The molecule has 0 radical (unpaired) electrons. The third-order valence-corrected chi connectivity index (χ3v) is 8.97. The monoisotopic (exact) mass is 610 g/mol. The van der Waals surface area contributed by atoms with E-state index in [1.54, 1.807) is 56.5 Å². The minimum atomic E-state index is -0.787. The summed E-state index contributed by atoms with van der Waals surface area (Å²) in [5.41, 5.74) is 3.56. The van der Waals surface area contributed by atoms with Gasteiger partial charge >= 0.3 is 6.03 Å². The summed E-state index contributed by atoms with van der Waals surface area (Å²) in [6, 6.07) is 21.1. The number of piperazine rings is 1. The number of urea groups is 1. The van der Waals surface area contributed by atoms with Gasteiger partial charge in [-0.15, -0.1) is 17.9 Å². The van der Waals surface area contributed by atoms with Crippen molar-refractivity contribution >= 4 is 39.4 Å². The number of thiazole rings is 1. The number of phenols is 1. The van der Waals surface area contributed by atoms with E-state index >= 15 is 0 Å². The highest BCUT2D eigenvalue weighted by Gasteiger charge is 2.52. The molecule has 4 aromatic rings. The number of para-hydroxylation sites is 1. The molecule has 0 saturated carbocycles. The fourth-order valence-electron chi connectivity index (χ4n) is 5.99. The lowest BCUT2D eigenvalue weighted by molar-refractivity contribution is -0.157. The standard InChI is InChI=1S/C33H34N6O4S/c1-3-16-37(33(43)34-18-24-8-5-4-6-9-24)38-21-30(41)39-27(17-23-12-14-26(40)15-13-23)32(42)36(20-29(38)39)19-25-10-7-11-28-31(25)35-22(2)44-28/h3-15,27,29,40H,1,16-21H2,2H3,(H,34,43)/t27-,29+/m0/s1. The second kappa shape index (κ2) is 12.5. The number of nitrogens with zero attached hydrogens (tertiary/aromatic N) is 5. The van der Waals surface area contributed by atoms with Gasteiger partial charge in [-0.25, -0.2) is 9.78 Å². The minimum absolute atomic E-state index is 0.0503. The summed E-state index contributed by atoms with van der Waals surface area (Å²) < 4.78 is 1.05. The first kappa shape index (κ1) is 29.3. The number of amides is 4. The van der Waals surface area contributed by atoms with Crippen LogP contribution in [-0.2, 0) is 29.1 Å². The summed E-state index contributed by atoms with van der Waals surface area (Å²) in [4.78, 5) is 49.5. The molecule has 44 heavy (non-hydrogen) atoms. The van der Waals surface area contributed by atoms with Gasteiger partial charge in [-0.1, -0.05) is 60.7 Å². The number of hydrogen-bond donors (Lipinski definition) is 2. The number of phenolic OH excluding ortho intramolecular Hbond substituents is 1. The van der Waals surface area contributed by atoms with E-state index in [0.717, 1.165) is 31.9 Å². The lowest BCUT2D eigenvalue weighted by Gasteiger charge is -2.46.